The van der Waals surface area contributed by atoms with Crippen LogP contribution in [0.5, 0.6) is 5.75 Å². The average Bonchev–Trinajstić information content (AvgIpc) is 0.920. The summed E-state index contributed by atoms with van der Waals surface area (Å²) in [4.78, 5) is 160. The number of alkyl carbamates (subject to hydrolysis) is 2. The first kappa shape index (κ1) is 77.8. The van der Waals surface area contributed by atoms with E-state index in [-0.39, 0.29) is 83.2 Å². The number of phenols is 1. The van der Waals surface area contributed by atoms with Gasteiger partial charge in [-0.2, -0.15) is 0 Å². The van der Waals surface area contributed by atoms with Gasteiger partial charge in [-0.15, -0.1) is 0 Å². The molecule has 27 nitrogen and oxygen atoms in total. The van der Waals surface area contributed by atoms with E-state index in [1.165, 1.54) is 24.3 Å². The molecule has 5 atom stereocenters. The third kappa shape index (κ3) is 30.7. The minimum absolute atomic E-state index is 0.00378. The van der Waals surface area contributed by atoms with Crippen LogP contribution in [0.15, 0.2) is 146 Å². The predicted octanol–water partition coefficient (Wildman–Crippen LogP) is 4.57. The summed E-state index contributed by atoms with van der Waals surface area (Å²) in [7, 11) is 0. The quantitative estimate of drug-likeness (QED) is 0.0147. The Balaban J connectivity index is 1.16. The van der Waals surface area contributed by atoms with Crippen LogP contribution in [0.2, 0.25) is 0 Å². The fourth-order valence-corrected chi connectivity index (χ4v) is 9.61. The highest BCUT2D eigenvalue weighted by atomic mass is 16.6. The van der Waals surface area contributed by atoms with Crippen molar-refractivity contribution in [3.05, 3.63) is 173 Å². The first-order valence-electron chi connectivity index (χ1n) is 32.2. The molecular weight excluding hydrogens is 1260 g/mol. The van der Waals surface area contributed by atoms with Crippen molar-refractivity contribution >= 4 is 71.4 Å². The number of primary amides is 1. The number of aromatic hydroxyl groups is 1. The molecule has 12 N–H and O–H groups in total. The Morgan fingerprint density at radius 1 is 0.429 bits per heavy atom. The molecule has 0 spiro atoms. The van der Waals surface area contributed by atoms with Gasteiger partial charge in [-0.25, -0.2) is 9.59 Å². The first-order chi connectivity index (χ1) is 46.6. The van der Waals surface area contributed by atoms with Crippen LogP contribution in [0.3, 0.4) is 0 Å². The van der Waals surface area contributed by atoms with Gasteiger partial charge >= 0.3 is 24.1 Å². The zero-order valence-electron chi connectivity index (χ0n) is 56.0. The van der Waals surface area contributed by atoms with Crippen LogP contribution in [0.1, 0.15) is 127 Å². The van der Waals surface area contributed by atoms with Crippen LogP contribution < -0.4 is 53.6 Å². The minimum atomic E-state index is -1.62. The number of carbonyl (C=O) groups excluding carboxylic acids is 12. The zero-order chi connectivity index (χ0) is 71.6. The van der Waals surface area contributed by atoms with Gasteiger partial charge in [0.25, 0.3) is 5.91 Å². The third-order valence-corrected chi connectivity index (χ3v) is 14.3. The third-order valence-electron chi connectivity index (χ3n) is 14.3. The van der Waals surface area contributed by atoms with E-state index in [9.17, 15) is 62.6 Å². The van der Waals surface area contributed by atoms with Gasteiger partial charge < -0.3 is 77.6 Å². The molecule has 526 valence electrons. The fraction of sp³-hybridized carbons (Fsp3) is 0.408. The smallest absolute Gasteiger partial charge is 0.408 e. The van der Waals surface area contributed by atoms with E-state index < -0.39 is 138 Å². The van der Waals surface area contributed by atoms with Gasteiger partial charge in [-0.1, -0.05) is 133 Å². The highest BCUT2D eigenvalue weighted by Crippen LogP contribution is 2.22. The highest BCUT2D eigenvalue weighted by molar-refractivity contribution is 5.96. The number of phenolic OH excluding ortho intramolecular Hbond substituents is 1. The van der Waals surface area contributed by atoms with E-state index in [1.807, 2.05) is 60.7 Å². The summed E-state index contributed by atoms with van der Waals surface area (Å²) < 4.78 is 21.5. The number of rotatable bonds is 37. The largest absolute Gasteiger partial charge is 0.508 e. The lowest BCUT2D eigenvalue weighted by atomic mass is 9.99. The van der Waals surface area contributed by atoms with Crippen LogP contribution >= 0.6 is 0 Å². The maximum Gasteiger partial charge on any atom is 0.408 e. The molecular formula is C71H90N10O17. The number of hydrogen-bond acceptors (Lipinski definition) is 17. The Labute approximate surface area is 569 Å². The number of esters is 2. The summed E-state index contributed by atoms with van der Waals surface area (Å²) in [5.74, 6) is -7.81. The molecule has 0 saturated carbocycles. The van der Waals surface area contributed by atoms with Crippen molar-refractivity contribution in [1.82, 2.24) is 47.9 Å². The molecule has 0 unspecified atom stereocenters. The van der Waals surface area contributed by atoms with Gasteiger partial charge in [-0.05, 0) is 114 Å². The van der Waals surface area contributed by atoms with E-state index in [0.29, 0.717) is 16.7 Å². The van der Waals surface area contributed by atoms with E-state index in [2.05, 4.69) is 47.9 Å². The van der Waals surface area contributed by atoms with Gasteiger partial charge in [0.15, 0.2) is 6.61 Å². The average molecular weight is 1360 g/mol. The molecule has 98 heavy (non-hydrogen) atoms. The van der Waals surface area contributed by atoms with Crippen molar-refractivity contribution in [1.29, 1.82) is 0 Å². The molecule has 5 rings (SSSR count). The molecule has 5 aromatic carbocycles. The Hall–Kier alpha value is -10.9. The van der Waals surface area contributed by atoms with Crippen LogP contribution in [0, 0.1) is 0 Å². The number of hydrogen-bond donors (Lipinski definition) is 11. The highest BCUT2D eigenvalue weighted by Gasteiger charge is 2.34. The molecule has 0 bridgehead atoms. The lowest BCUT2D eigenvalue weighted by molar-refractivity contribution is -0.156. The number of carbonyl (C=O) groups is 12. The molecule has 27 heteroatoms. The van der Waals surface area contributed by atoms with Crippen molar-refractivity contribution < 1.29 is 81.6 Å². The minimum Gasteiger partial charge on any atom is -0.508 e. The van der Waals surface area contributed by atoms with Gasteiger partial charge in [0, 0.05) is 38.8 Å². The van der Waals surface area contributed by atoms with Crippen LogP contribution in [0.25, 0.3) is 0 Å². The van der Waals surface area contributed by atoms with E-state index in [0.717, 1.165) is 11.1 Å². The summed E-state index contributed by atoms with van der Waals surface area (Å²) in [6.45, 7) is 8.14. The van der Waals surface area contributed by atoms with Crippen LogP contribution in [-0.2, 0) is 86.3 Å². The Bertz CT molecular complexity index is 3400. The molecule has 0 fully saturated rings. The van der Waals surface area contributed by atoms with Crippen LogP contribution in [-0.4, -0.2) is 144 Å². The SMILES string of the molecule is CC(C)(C)OC(=O)C[C@H](NC(=O)[C@H](CCCNC(=O)CCCC(=O)NCCC[C@H](NC(=O)[C@H](Cc1ccc(O)cc1)NC(=O)OC(C)(C)C)C(=O)NCC(=O)OCC(=O)NC(c1ccccc1)c1ccccc1)NC(=O)OCc1ccccc1)C(=O)N[C@@H](Cc1ccccc1)C(N)=O. The maximum atomic E-state index is 14.1. The van der Waals surface area contributed by atoms with Crippen molar-refractivity contribution in [2.75, 3.05) is 26.2 Å². The Morgan fingerprint density at radius 2 is 0.878 bits per heavy atom. The Kier molecular flexibility index (Phi) is 31.7. The number of ether oxygens (including phenoxy) is 4. The number of nitrogens with two attached hydrogens (primary N) is 1. The molecule has 0 aliphatic carbocycles. The molecule has 0 aliphatic rings. The number of benzene rings is 5. The maximum absolute atomic E-state index is 14.1. The molecule has 0 aromatic heterocycles. The van der Waals surface area contributed by atoms with Gasteiger partial charge in [0.05, 0.1) is 12.5 Å². The first-order valence-corrected chi connectivity index (χ1v) is 32.2. The zero-order valence-corrected chi connectivity index (χ0v) is 56.0. The summed E-state index contributed by atoms with van der Waals surface area (Å²) in [6.07, 6.45) is -2.90. The number of nitrogens with one attached hydrogen (secondary N) is 9. The molecule has 0 radical (unpaired) electrons. The van der Waals surface area contributed by atoms with Crippen molar-refractivity contribution in [3.8, 4) is 5.75 Å². The lowest BCUT2D eigenvalue weighted by Crippen LogP contribution is -2.57. The normalized spacial score (nSPS) is 12.6. The number of amides is 10. The van der Waals surface area contributed by atoms with Crippen LogP contribution in [0.4, 0.5) is 9.59 Å². The van der Waals surface area contributed by atoms with Gasteiger partial charge in [-0.3, -0.25) is 47.9 Å². The Morgan fingerprint density at radius 3 is 1.41 bits per heavy atom. The van der Waals surface area contributed by atoms with Gasteiger partial charge in [0.1, 0.15) is 60.3 Å². The molecule has 5 aromatic rings. The lowest BCUT2D eigenvalue weighted by Gasteiger charge is -2.26. The molecule has 0 heterocycles. The van der Waals surface area contributed by atoms with Crippen molar-refractivity contribution in [3.63, 3.8) is 0 Å². The monoisotopic (exact) mass is 1350 g/mol. The second-order valence-corrected chi connectivity index (χ2v) is 24.9. The van der Waals surface area contributed by atoms with E-state index in [1.54, 1.807) is 102 Å². The van der Waals surface area contributed by atoms with E-state index >= 15 is 0 Å². The molecule has 0 aliphatic heterocycles. The summed E-state index contributed by atoms with van der Waals surface area (Å²) in [5.41, 5.74) is 7.14. The molecule has 0 saturated heterocycles. The van der Waals surface area contributed by atoms with Gasteiger partial charge in [0.2, 0.25) is 41.4 Å². The summed E-state index contributed by atoms with van der Waals surface area (Å²) >= 11 is 0. The molecule has 10 amide bonds. The predicted molar refractivity (Wildman–Crippen MR) is 359 cm³/mol. The summed E-state index contributed by atoms with van der Waals surface area (Å²) in [5, 5.41) is 33.4. The van der Waals surface area contributed by atoms with Crippen molar-refractivity contribution in [2.45, 2.75) is 160 Å². The summed E-state index contributed by atoms with van der Waals surface area (Å²) in [6, 6.07) is 34.1. The second kappa shape index (κ2) is 39.9. The van der Waals surface area contributed by atoms with E-state index in [4.69, 9.17) is 24.7 Å². The van der Waals surface area contributed by atoms with Crippen molar-refractivity contribution in [2.24, 2.45) is 5.73 Å². The fourth-order valence-electron chi connectivity index (χ4n) is 9.61. The standard InChI is InChI=1S/C71H90N10O17/c1-70(2,3)97-60(86)42-56(67(92)77-54(63(72)88)40-46-22-11-7-12-23-46)78-65(90)53(79-68(93)96-44-48-24-13-8-14-25-48)31-21-39-74-58(84)33-19-32-57(83)73-38-20-30-52(76-66(91)55(80-69(94)98-71(4,5)6)41-47-34-36-51(82)37-35-47)64(89)75-43-61(87)95-45-59(85)81-62(49-26-15-9-16-27-49)50-28-17-10-18-29-50/h7-18,22-29,34-37,52-56,62,82H,19-21,30-33,38-45H2,1-6H3,(H2,72,88)(H,73,83)(H,74,84)(H,75,89)(H,76,91)(H,77,92)(H,78,90)(H,79,93)(H,80,94)(H,81,85)/t52-,53-,54-,55-,56-/m0/s1. The second-order valence-electron chi connectivity index (χ2n) is 24.9. The topological polar surface area (TPSA) is 396 Å².